The van der Waals surface area contributed by atoms with Crippen molar-refractivity contribution in [3.8, 4) is 0 Å². The van der Waals surface area contributed by atoms with Crippen LogP contribution in [0.4, 0.5) is 14.5 Å². The van der Waals surface area contributed by atoms with Crippen LogP contribution in [0.25, 0.3) is 0 Å². The van der Waals surface area contributed by atoms with Crippen molar-refractivity contribution < 1.29 is 17.2 Å². The second-order valence-electron chi connectivity index (χ2n) is 4.31. The molecule has 0 spiro atoms. The lowest BCUT2D eigenvalue weighted by Gasteiger charge is -2.25. The number of rotatable bonds is 8. The third-order valence-corrected chi connectivity index (χ3v) is 4.86. The van der Waals surface area contributed by atoms with E-state index in [1.165, 1.54) is 17.0 Å². The van der Waals surface area contributed by atoms with Crippen LogP contribution in [0.1, 0.15) is 13.3 Å². The Morgan fingerprint density at radius 2 is 1.95 bits per heavy atom. The first-order chi connectivity index (χ1) is 9.42. The molecule has 0 unspecified atom stereocenters. The molecule has 1 aromatic rings. The largest absolute Gasteiger partial charge is 0.364 e. The van der Waals surface area contributed by atoms with Crippen LogP contribution in [0, 0.1) is 0 Å². The van der Waals surface area contributed by atoms with E-state index < -0.39 is 22.8 Å². The number of alkyl halides is 3. The van der Waals surface area contributed by atoms with E-state index >= 15 is 0 Å². The molecule has 0 N–H and O–H groups in total. The Morgan fingerprint density at radius 1 is 1.30 bits per heavy atom. The van der Waals surface area contributed by atoms with E-state index in [0.717, 1.165) is 0 Å². The van der Waals surface area contributed by atoms with E-state index in [9.17, 15) is 17.2 Å². The summed E-state index contributed by atoms with van der Waals surface area (Å²) in [7, 11) is -3.47. The van der Waals surface area contributed by atoms with Crippen molar-refractivity contribution in [1.29, 1.82) is 0 Å². The lowest BCUT2D eigenvalue weighted by molar-refractivity contribution is 0.155. The van der Waals surface area contributed by atoms with Gasteiger partial charge in [0.25, 0.3) is 6.43 Å². The summed E-state index contributed by atoms with van der Waals surface area (Å²) in [6, 6.07) is 6.21. The lowest BCUT2D eigenvalue weighted by Crippen LogP contribution is -2.32. The monoisotopic (exact) mass is 325 g/mol. The Kier molecular flexibility index (Phi) is 6.68. The normalized spacial score (nSPS) is 11.8. The number of hydrogen-bond acceptors (Lipinski definition) is 3. The molecule has 114 valence electrons. The molecule has 0 aliphatic heterocycles. The molecule has 0 fully saturated rings. The van der Waals surface area contributed by atoms with Crippen molar-refractivity contribution in [2.24, 2.45) is 0 Å². The van der Waals surface area contributed by atoms with Gasteiger partial charge in [0.2, 0.25) is 0 Å². The fraction of sp³-hybridized carbons (Fsp3) is 0.538. The maximum Gasteiger partial charge on any atom is 0.255 e. The molecule has 1 rings (SSSR count). The van der Waals surface area contributed by atoms with Crippen molar-refractivity contribution in [1.82, 2.24) is 0 Å². The van der Waals surface area contributed by atoms with Crippen LogP contribution >= 0.6 is 11.6 Å². The highest BCUT2D eigenvalue weighted by molar-refractivity contribution is 7.91. The zero-order valence-corrected chi connectivity index (χ0v) is 12.8. The molecule has 0 aliphatic rings. The van der Waals surface area contributed by atoms with E-state index in [1.807, 2.05) is 0 Å². The second-order valence-corrected chi connectivity index (χ2v) is 6.77. The molecule has 0 heterocycles. The predicted octanol–water partition coefficient (Wildman–Crippen LogP) is 3.18. The van der Waals surface area contributed by atoms with Gasteiger partial charge < -0.3 is 4.90 Å². The number of halogens is 3. The summed E-state index contributed by atoms with van der Waals surface area (Å²) >= 11 is 5.62. The standard InChI is InChI=1S/C13H18ClF2NO2S/c1-2-9-20(18,19)12-6-4-3-5-11(12)17(8-7-14)10-13(15)16/h3-6,13H,2,7-10H2,1H3. The van der Waals surface area contributed by atoms with Gasteiger partial charge in [0.05, 0.1) is 22.9 Å². The van der Waals surface area contributed by atoms with Gasteiger partial charge in [-0.1, -0.05) is 19.1 Å². The van der Waals surface area contributed by atoms with Gasteiger partial charge in [-0.3, -0.25) is 0 Å². The topological polar surface area (TPSA) is 37.4 Å². The molecule has 0 bridgehead atoms. The van der Waals surface area contributed by atoms with Gasteiger partial charge in [0.15, 0.2) is 9.84 Å². The zero-order valence-electron chi connectivity index (χ0n) is 11.2. The summed E-state index contributed by atoms with van der Waals surface area (Å²) in [6.07, 6.45) is -2.08. The molecule has 20 heavy (non-hydrogen) atoms. The molecule has 0 radical (unpaired) electrons. The molecule has 1 aromatic carbocycles. The molecule has 7 heteroatoms. The number of nitrogens with zero attached hydrogens (tertiary/aromatic N) is 1. The summed E-state index contributed by atoms with van der Waals surface area (Å²) in [5, 5.41) is 0. The highest BCUT2D eigenvalue weighted by atomic mass is 35.5. The fourth-order valence-corrected chi connectivity index (χ4v) is 3.70. The van der Waals surface area contributed by atoms with E-state index in [1.54, 1.807) is 19.1 Å². The minimum atomic E-state index is -3.47. The lowest BCUT2D eigenvalue weighted by atomic mass is 10.3. The van der Waals surface area contributed by atoms with E-state index in [4.69, 9.17) is 11.6 Å². The van der Waals surface area contributed by atoms with Gasteiger partial charge >= 0.3 is 0 Å². The Bertz CT molecular complexity index is 523. The smallest absolute Gasteiger partial charge is 0.255 e. The van der Waals surface area contributed by atoms with Crippen molar-refractivity contribution in [2.75, 3.05) is 29.6 Å². The molecule has 0 saturated heterocycles. The van der Waals surface area contributed by atoms with Gasteiger partial charge in [0.1, 0.15) is 0 Å². The van der Waals surface area contributed by atoms with Gasteiger partial charge in [0, 0.05) is 12.4 Å². The molecular weight excluding hydrogens is 308 g/mol. The zero-order chi connectivity index (χ0) is 15.2. The van der Waals surface area contributed by atoms with Crippen LogP contribution < -0.4 is 4.90 Å². The van der Waals surface area contributed by atoms with Crippen LogP contribution in [-0.4, -0.2) is 39.6 Å². The predicted molar refractivity (Wildman–Crippen MR) is 77.7 cm³/mol. The maximum atomic E-state index is 12.6. The highest BCUT2D eigenvalue weighted by Gasteiger charge is 2.22. The Balaban J connectivity index is 3.22. The Morgan fingerprint density at radius 3 is 2.50 bits per heavy atom. The number of anilines is 1. The molecule has 0 atom stereocenters. The van der Waals surface area contributed by atoms with Gasteiger partial charge in [-0.25, -0.2) is 17.2 Å². The van der Waals surface area contributed by atoms with E-state index in [-0.39, 0.29) is 23.1 Å². The van der Waals surface area contributed by atoms with Crippen LogP contribution in [0.2, 0.25) is 0 Å². The minimum Gasteiger partial charge on any atom is -0.364 e. The van der Waals surface area contributed by atoms with E-state index in [2.05, 4.69) is 0 Å². The SMILES string of the molecule is CCCS(=O)(=O)c1ccccc1N(CCCl)CC(F)F. The first-order valence-electron chi connectivity index (χ1n) is 6.33. The summed E-state index contributed by atoms with van der Waals surface area (Å²) in [6.45, 7) is 1.39. The van der Waals surface area contributed by atoms with Crippen molar-refractivity contribution in [3.05, 3.63) is 24.3 Å². The second kappa shape index (κ2) is 7.78. The molecule has 0 amide bonds. The first kappa shape index (κ1) is 17.2. The van der Waals surface area contributed by atoms with Crippen LogP contribution in [0.5, 0.6) is 0 Å². The number of sulfone groups is 1. The summed E-state index contributed by atoms with van der Waals surface area (Å²) in [5.74, 6) is 0.141. The average molecular weight is 326 g/mol. The van der Waals surface area contributed by atoms with Crippen LogP contribution in [0.15, 0.2) is 29.2 Å². The molecule has 0 saturated carbocycles. The Labute approximate surface area is 123 Å². The number of benzene rings is 1. The first-order valence-corrected chi connectivity index (χ1v) is 8.52. The van der Waals surface area contributed by atoms with Crippen LogP contribution in [0.3, 0.4) is 0 Å². The minimum absolute atomic E-state index is 0.00654. The summed E-state index contributed by atoms with van der Waals surface area (Å²) < 4.78 is 49.7. The van der Waals surface area contributed by atoms with Crippen molar-refractivity contribution in [2.45, 2.75) is 24.7 Å². The third kappa shape index (κ3) is 4.59. The van der Waals surface area contributed by atoms with Gasteiger partial charge in [-0.05, 0) is 18.6 Å². The van der Waals surface area contributed by atoms with Gasteiger partial charge in [-0.2, -0.15) is 0 Å². The Hall–Kier alpha value is -0.880. The average Bonchev–Trinajstić information content (AvgIpc) is 2.38. The van der Waals surface area contributed by atoms with E-state index in [0.29, 0.717) is 12.1 Å². The molecular formula is C13H18ClF2NO2S. The van der Waals surface area contributed by atoms with Crippen molar-refractivity contribution in [3.63, 3.8) is 0 Å². The molecule has 0 aliphatic carbocycles. The third-order valence-electron chi connectivity index (χ3n) is 2.73. The quantitative estimate of drug-likeness (QED) is 0.689. The van der Waals surface area contributed by atoms with Crippen molar-refractivity contribution >= 4 is 27.1 Å². The molecule has 3 nitrogen and oxygen atoms in total. The fourth-order valence-electron chi connectivity index (χ4n) is 1.94. The summed E-state index contributed by atoms with van der Waals surface area (Å²) in [4.78, 5) is 1.41. The maximum absolute atomic E-state index is 12.6. The van der Waals surface area contributed by atoms with Gasteiger partial charge in [-0.15, -0.1) is 11.6 Å². The number of hydrogen-bond donors (Lipinski definition) is 0. The summed E-state index contributed by atoms with van der Waals surface area (Å²) in [5.41, 5.74) is 0.293. The highest BCUT2D eigenvalue weighted by Crippen LogP contribution is 2.27. The number of para-hydroxylation sites is 1. The van der Waals surface area contributed by atoms with Crippen LogP contribution in [-0.2, 0) is 9.84 Å². The molecule has 0 aromatic heterocycles.